The van der Waals surface area contributed by atoms with E-state index in [1.807, 2.05) is 6.08 Å². The number of thiazole rings is 1. The quantitative estimate of drug-likeness (QED) is 0.381. The summed E-state index contributed by atoms with van der Waals surface area (Å²) in [7, 11) is -4.20. The maximum absolute atomic E-state index is 14.7. The van der Waals surface area contributed by atoms with Crippen LogP contribution in [0.15, 0.2) is 52.9 Å². The van der Waals surface area contributed by atoms with Crippen LogP contribution in [0.2, 0.25) is 10.0 Å². The zero-order chi connectivity index (χ0) is 23.6. The van der Waals surface area contributed by atoms with E-state index in [0.717, 1.165) is 42.0 Å². The Labute approximate surface area is 203 Å². The van der Waals surface area contributed by atoms with E-state index in [1.165, 1.54) is 18.3 Å². The number of sulfonamides is 1. The van der Waals surface area contributed by atoms with E-state index in [9.17, 15) is 17.2 Å². The molecule has 3 N–H and O–H groups in total. The van der Waals surface area contributed by atoms with Crippen LogP contribution in [0.3, 0.4) is 0 Å². The molecule has 1 aromatic heterocycles. The highest BCUT2D eigenvalue weighted by Crippen LogP contribution is 2.32. The van der Waals surface area contributed by atoms with Crippen molar-refractivity contribution < 1.29 is 17.2 Å². The molecule has 12 heteroatoms. The second kappa shape index (κ2) is 9.94. The SMILES string of the molecule is O=S(=O)(Nc1nccs1)c1cc(Cl)c(NCC2NCCC=C2c2ccc(F)cc2Cl)cc1F. The molecule has 6 nitrogen and oxygen atoms in total. The van der Waals surface area contributed by atoms with Gasteiger partial charge < -0.3 is 10.6 Å². The predicted molar refractivity (Wildman–Crippen MR) is 129 cm³/mol. The fourth-order valence-electron chi connectivity index (χ4n) is 3.47. The number of halogens is 4. The molecular weight excluding hydrogens is 513 g/mol. The summed E-state index contributed by atoms with van der Waals surface area (Å²) in [5, 5.41) is 8.45. The Morgan fingerprint density at radius 2 is 2.00 bits per heavy atom. The van der Waals surface area contributed by atoms with Crippen molar-refractivity contribution in [1.82, 2.24) is 10.3 Å². The third-order valence-corrected chi connectivity index (χ3v) is 7.78. The van der Waals surface area contributed by atoms with Crippen molar-refractivity contribution in [3.63, 3.8) is 0 Å². The Morgan fingerprint density at radius 3 is 2.73 bits per heavy atom. The van der Waals surface area contributed by atoms with Gasteiger partial charge in [-0.2, -0.15) is 0 Å². The third kappa shape index (κ3) is 5.47. The molecule has 4 rings (SSSR count). The number of aromatic nitrogens is 1. The molecule has 0 spiro atoms. The van der Waals surface area contributed by atoms with Crippen LogP contribution in [0.1, 0.15) is 12.0 Å². The Bertz CT molecular complexity index is 1300. The Hall–Kier alpha value is -2.24. The summed E-state index contributed by atoms with van der Waals surface area (Å²) in [6, 6.07) is 6.09. The fourth-order valence-corrected chi connectivity index (χ4v) is 5.91. The minimum absolute atomic E-state index is 0.0390. The van der Waals surface area contributed by atoms with Crippen molar-refractivity contribution in [1.29, 1.82) is 0 Å². The van der Waals surface area contributed by atoms with Crippen LogP contribution < -0.4 is 15.4 Å². The van der Waals surface area contributed by atoms with Gasteiger partial charge in [0.15, 0.2) is 5.13 Å². The molecule has 0 saturated carbocycles. The monoisotopic (exact) mass is 530 g/mol. The summed E-state index contributed by atoms with van der Waals surface area (Å²) in [5.74, 6) is -1.38. The number of hydrogen-bond donors (Lipinski definition) is 3. The van der Waals surface area contributed by atoms with Crippen molar-refractivity contribution in [2.45, 2.75) is 17.4 Å². The predicted octanol–water partition coefficient (Wildman–Crippen LogP) is 5.39. The molecule has 1 aliphatic heterocycles. The standard InChI is InChI=1S/C21H18Cl2F2N4O2S2/c22-15-8-12(24)3-4-13(15)14-2-1-5-26-19(14)11-28-18-10-17(25)20(9-16(18)23)33(30,31)29-21-27-6-7-32-21/h2-4,6-10,19,26,28H,1,5,11H2,(H,27,29). The summed E-state index contributed by atoms with van der Waals surface area (Å²) in [6.45, 7) is 1.03. The minimum atomic E-state index is -4.20. The van der Waals surface area contributed by atoms with E-state index in [0.29, 0.717) is 17.1 Å². The van der Waals surface area contributed by atoms with Gasteiger partial charge in [-0.05, 0) is 48.4 Å². The number of anilines is 2. The Kier molecular flexibility index (Phi) is 7.20. The van der Waals surface area contributed by atoms with Crippen molar-refractivity contribution >= 4 is 61.0 Å². The molecule has 3 aromatic rings. The maximum atomic E-state index is 14.7. The van der Waals surface area contributed by atoms with Gasteiger partial charge in [0.1, 0.15) is 16.5 Å². The molecule has 0 aliphatic carbocycles. The van der Waals surface area contributed by atoms with Crippen molar-refractivity contribution in [3.8, 4) is 0 Å². The molecule has 0 radical (unpaired) electrons. The summed E-state index contributed by atoms with van der Waals surface area (Å²) in [6.07, 6.45) is 4.22. The first-order valence-corrected chi connectivity index (χ1v) is 12.9. The first-order chi connectivity index (χ1) is 15.7. The van der Waals surface area contributed by atoms with Crippen LogP contribution in [-0.2, 0) is 10.0 Å². The van der Waals surface area contributed by atoms with Crippen LogP contribution in [0.5, 0.6) is 0 Å². The molecular formula is C21H18Cl2F2N4O2S2. The highest BCUT2D eigenvalue weighted by atomic mass is 35.5. The van der Waals surface area contributed by atoms with Crippen LogP contribution in [0, 0.1) is 11.6 Å². The number of nitrogens with zero attached hydrogens (tertiary/aromatic N) is 1. The van der Waals surface area contributed by atoms with Crippen molar-refractivity contribution in [2.75, 3.05) is 23.1 Å². The largest absolute Gasteiger partial charge is 0.382 e. The molecule has 1 atom stereocenters. The zero-order valence-corrected chi connectivity index (χ0v) is 20.1. The number of nitrogens with one attached hydrogen (secondary N) is 3. The van der Waals surface area contributed by atoms with Gasteiger partial charge in [0.25, 0.3) is 10.0 Å². The van der Waals surface area contributed by atoms with Gasteiger partial charge in [0, 0.05) is 24.2 Å². The molecule has 0 saturated heterocycles. The topological polar surface area (TPSA) is 83.1 Å². The van der Waals surface area contributed by atoms with Crippen molar-refractivity contribution in [3.05, 3.63) is 75.2 Å². The van der Waals surface area contributed by atoms with Gasteiger partial charge in [-0.15, -0.1) is 11.3 Å². The van der Waals surface area contributed by atoms with E-state index in [-0.39, 0.29) is 21.9 Å². The molecule has 2 aromatic carbocycles. The van der Waals surface area contributed by atoms with Crippen LogP contribution in [0.4, 0.5) is 19.6 Å². The summed E-state index contributed by atoms with van der Waals surface area (Å²) >= 11 is 13.6. The molecule has 1 aliphatic rings. The molecule has 0 bridgehead atoms. The summed E-state index contributed by atoms with van der Waals surface area (Å²) < 4.78 is 55.5. The number of benzene rings is 2. The van der Waals surface area contributed by atoms with Gasteiger partial charge in [-0.3, -0.25) is 4.72 Å². The lowest BCUT2D eigenvalue weighted by Gasteiger charge is -2.27. The van der Waals surface area contributed by atoms with Gasteiger partial charge in [0.05, 0.1) is 15.7 Å². The van der Waals surface area contributed by atoms with Crippen LogP contribution >= 0.6 is 34.5 Å². The second-order valence-corrected chi connectivity index (χ2v) is 10.5. The Balaban J connectivity index is 1.53. The molecule has 33 heavy (non-hydrogen) atoms. The normalized spacial score (nSPS) is 16.4. The molecule has 0 amide bonds. The first kappa shape index (κ1) is 23.9. The van der Waals surface area contributed by atoms with E-state index in [2.05, 4.69) is 20.3 Å². The van der Waals surface area contributed by atoms with Crippen LogP contribution in [-0.4, -0.2) is 32.5 Å². The number of rotatable bonds is 7. The van der Waals surface area contributed by atoms with Gasteiger partial charge >= 0.3 is 0 Å². The van der Waals surface area contributed by atoms with E-state index in [4.69, 9.17) is 23.2 Å². The van der Waals surface area contributed by atoms with E-state index in [1.54, 1.807) is 11.4 Å². The minimum Gasteiger partial charge on any atom is -0.382 e. The van der Waals surface area contributed by atoms with Gasteiger partial charge in [0.2, 0.25) is 0 Å². The van der Waals surface area contributed by atoms with Crippen LogP contribution in [0.25, 0.3) is 5.57 Å². The van der Waals surface area contributed by atoms with E-state index < -0.39 is 26.6 Å². The number of hydrogen-bond acceptors (Lipinski definition) is 6. The molecule has 0 fully saturated rings. The second-order valence-electron chi connectivity index (χ2n) is 7.17. The summed E-state index contributed by atoms with van der Waals surface area (Å²) in [5.41, 5.74) is 1.81. The van der Waals surface area contributed by atoms with Crippen molar-refractivity contribution in [2.24, 2.45) is 0 Å². The summed E-state index contributed by atoms with van der Waals surface area (Å²) in [4.78, 5) is 3.26. The lowest BCUT2D eigenvalue weighted by atomic mass is 9.94. The molecule has 2 heterocycles. The Morgan fingerprint density at radius 1 is 1.18 bits per heavy atom. The molecule has 1 unspecified atom stereocenters. The first-order valence-electron chi connectivity index (χ1n) is 9.78. The highest BCUT2D eigenvalue weighted by molar-refractivity contribution is 7.93. The fraction of sp³-hybridized carbons (Fsp3) is 0.190. The maximum Gasteiger partial charge on any atom is 0.266 e. The lowest BCUT2D eigenvalue weighted by Crippen LogP contribution is -2.39. The zero-order valence-electron chi connectivity index (χ0n) is 16.9. The lowest BCUT2D eigenvalue weighted by molar-refractivity contribution is 0.570. The van der Waals surface area contributed by atoms with Gasteiger partial charge in [-0.1, -0.05) is 35.3 Å². The molecule has 174 valence electrons. The third-order valence-electron chi connectivity index (χ3n) is 4.98. The highest BCUT2D eigenvalue weighted by Gasteiger charge is 2.24. The average molecular weight is 531 g/mol. The smallest absolute Gasteiger partial charge is 0.266 e. The van der Waals surface area contributed by atoms with Gasteiger partial charge in [-0.25, -0.2) is 22.2 Å². The average Bonchev–Trinajstić information content (AvgIpc) is 3.26. The van der Waals surface area contributed by atoms with E-state index >= 15 is 0 Å².